The van der Waals surface area contributed by atoms with Crippen molar-refractivity contribution in [1.82, 2.24) is 5.32 Å². The van der Waals surface area contributed by atoms with Crippen LogP contribution >= 0.6 is 0 Å². The molecule has 0 unspecified atom stereocenters. The summed E-state index contributed by atoms with van der Waals surface area (Å²) in [5.74, 6) is -3.48. The molecule has 1 aliphatic rings. The Balaban J connectivity index is 1.67. The Hall–Kier alpha value is -3.35. The lowest BCUT2D eigenvalue weighted by Gasteiger charge is -2.18. The second-order valence-corrected chi connectivity index (χ2v) is 6.84. The molecule has 146 valence electrons. The van der Waals surface area contributed by atoms with Crippen molar-refractivity contribution in [3.05, 3.63) is 59.7 Å². The van der Waals surface area contributed by atoms with Gasteiger partial charge in [0.05, 0.1) is 5.92 Å². The van der Waals surface area contributed by atoms with Gasteiger partial charge in [0.15, 0.2) is 0 Å². The predicted octanol–water partition coefficient (Wildman–Crippen LogP) is 3.09. The van der Waals surface area contributed by atoms with E-state index in [1.165, 1.54) is 6.92 Å². The third-order valence-electron chi connectivity index (χ3n) is 4.94. The highest BCUT2D eigenvalue weighted by atomic mass is 16.5. The minimum atomic E-state index is -1.33. The first kappa shape index (κ1) is 19.4. The Labute approximate surface area is 162 Å². The molecule has 0 radical (unpaired) electrons. The Bertz CT molecular complexity index is 864. The summed E-state index contributed by atoms with van der Waals surface area (Å²) in [6.45, 7) is 1.44. The van der Waals surface area contributed by atoms with Gasteiger partial charge >= 0.3 is 18.0 Å². The summed E-state index contributed by atoms with van der Waals surface area (Å²) < 4.78 is 5.30. The van der Waals surface area contributed by atoms with Crippen LogP contribution in [0.2, 0.25) is 0 Å². The minimum absolute atomic E-state index is 0.0562. The first-order chi connectivity index (χ1) is 13.4. The second kappa shape index (κ2) is 8.12. The van der Waals surface area contributed by atoms with Gasteiger partial charge in [-0.2, -0.15) is 0 Å². The smallest absolute Gasteiger partial charge is 0.407 e. The number of benzene rings is 2. The molecule has 28 heavy (non-hydrogen) atoms. The Morgan fingerprint density at radius 3 is 2.00 bits per heavy atom. The quantitative estimate of drug-likeness (QED) is 0.677. The molecule has 0 heterocycles. The molecular weight excluding hydrogens is 362 g/mol. The van der Waals surface area contributed by atoms with Crippen LogP contribution in [0.1, 0.15) is 30.4 Å². The largest absolute Gasteiger partial charge is 0.481 e. The van der Waals surface area contributed by atoms with Gasteiger partial charge in [-0.1, -0.05) is 55.5 Å². The number of nitrogens with one attached hydrogen (secondary N) is 1. The lowest BCUT2D eigenvalue weighted by Crippen LogP contribution is -2.43. The Kier molecular flexibility index (Phi) is 5.63. The number of alkyl carbamates (subject to hydrolysis) is 1. The minimum Gasteiger partial charge on any atom is -0.481 e. The maximum absolute atomic E-state index is 12.1. The van der Waals surface area contributed by atoms with Crippen molar-refractivity contribution < 1.29 is 29.3 Å². The molecule has 0 saturated carbocycles. The highest BCUT2D eigenvalue weighted by Crippen LogP contribution is 2.44. The van der Waals surface area contributed by atoms with Crippen molar-refractivity contribution in [2.45, 2.75) is 25.3 Å². The van der Waals surface area contributed by atoms with Crippen molar-refractivity contribution >= 4 is 18.0 Å². The van der Waals surface area contributed by atoms with E-state index in [0.717, 1.165) is 22.3 Å². The second-order valence-electron chi connectivity index (χ2n) is 6.84. The first-order valence-corrected chi connectivity index (χ1v) is 8.95. The number of aliphatic carboxylic acids is 2. The van der Waals surface area contributed by atoms with E-state index in [1.807, 2.05) is 48.5 Å². The number of carbonyl (C=O) groups excluding carboxylic acids is 1. The van der Waals surface area contributed by atoms with Crippen LogP contribution in [0.4, 0.5) is 4.79 Å². The van der Waals surface area contributed by atoms with Gasteiger partial charge in [-0.3, -0.25) is 4.79 Å². The number of fused-ring (bicyclic) bond motifs is 3. The van der Waals surface area contributed by atoms with Gasteiger partial charge in [0.1, 0.15) is 12.6 Å². The fourth-order valence-electron chi connectivity index (χ4n) is 3.46. The summed E-state index contributed by atoms with van der Waals surface area (Å²) in [6.07, 6.45) is -1.11. The van der Waals surface area contributed by atoms with E-state index >= 15 is 0 Å². The summed E-state index contributed by atoms with van der Waals surface area (Å²) >= 11 is 0. The van der Waals surface area contributed by atoms with E-state index in [2.05, 4.69) is 5.32 Å². The highest BCUT2D eigenvalue weighted by Gasteiger charge is 2.30. The molecule has 0 bridgehead atoms. The van der Waals surface area contributed by atoms with Crippen LogP contribution in [-0.4, -0.2) is 40.9 Å². The van der Waals surface area contributed by atoms with E-state index in [4.69, 9.17) is 9.84 Å². The molecule has 0 aliphatic heterocycles. The number of carbonyl (C=O) groups is 3. The number of ether oxygens (including phenoxy) is 1. The van der Waals surface area contributed by atoms with Crippen molar-refractivity contribution in [2.75, 3.05) is 6.61 Å². The van der Waals surface area contributed by atoms with Crippen LogP contribution in [-0.2, 0) is 14.3 Å². The SMILES string of the molecule is C[C@@H](C[C@H](NC(=O)OCC1c2ccccc2-c2ccccc21)C(=O)O)C(=O)O. The van der Waals surface area contributed by atoms with Crippen molar-refractivity contribution in [3.8, 4) is 11.1 Å². The standard InChI is InChI=1S/C21H21NO6/c1-12(19(23)24)10-18(20(25)26)22-21(27)28-11-17-15-8-4-2-6-13(15)14-7-3-5-9-16(14)17/h2-9,12,17-18H,10-11H2,1H3,(H,22,27)(H,23,24)(H,25,26)/t12-,18-/m0/s1. The van der Waals surface area contributed by atoms with Crippen LogP contribution < -0.4 is 5.32 Å². The fraction of sp³-hybridized carbons (Fsp3) is 0.286. The molecule has 2 atom stereocenters. The van der Waals surface area contributed by atoms with E-state index in [1.54, 1.807) is 0 Å². The summed E-state index contributed by atoms with van der Waals surface area (Å²) in [5, 5.41) is 20.4. The first-order valence-electron chi connectivity index (χ1n) is 8.95. The Morgan fingerprint density at radius 2 is 1.50 bits per heavy atom. The molecule has 1 amide bonds. The van der Waals surface area contributed by atoms with Crippen LogP contribution in [0.5, 0.6) is 0 Å². The van der Waals surface area contributed by atoms with E-state index in [-0.39, 0.29) is 18.9 Å². The van der Waals surface area contributed by atoms with Gasteiger partial charge in [0, 0.05) is 5.92 Å². The van der Waals surface area contributed by atoms with E-state index < -0.39 is 30.0 Å². The molecule has 3 rings (SSSR count). The summed E-state index contributed by atoms with van der Waals surface area (Å²) in [7, 11) is 0. The lowest BCUT2D eigenvalue weighted by atomic mass is 9.98. The number of hydrogen-bond donors (Lipinski definition) is 3. The van der Waals surface area contributed by atoms with Crippen LogP contribution in [0, 0.1) is 5.92 Å². The number of hydrogen-bond acceptors (Lipinski definition) is 4. The molecule has 0 spiro atoms. The van der Waals surface area contributed by atoms with Crippen molar-refractivity contribution in [3.63, 3.8) is 0 Å². The van der Waals surface area contributed by atoms with E-state index in [0.29, 0.717) is 0 Å². The normalized spacial score (nSPS) is 14.5. The third-order valence-corrected chi connectivity index (χ3v) is 4.94. The molecule has 1 aliphatic carbocycles. The fourth-order valence-corrected chi connectivity index (χ4v) is 3.46. The van der Waals surface area contributed by atoms with Crippen LogP contribution in [0.3, 0.4) is 0 Å². The van der Waals surface area contributed by atoms with Gasteiger partial charge in [-0.15, -0.1) is 0 Å². The monoisotopic (exact) mass is 383 g/mol. The molecule has 7 heteroatoms. The highest BCUT2D eigenvalue weighted by molar-refractivity contribution is 5.81. The van der Waals surface area contributed by atoms with Crippen molar-refractivity contribution in [1.29, 1.82) is 0 Å². The zero-order chi connectivity index (χ0) is 20.3. The summed E-state index contributed by atoms with van der Waals surface area (Å²) in [4.78, 5) is 34.4. The molecule has 7 nitrogen and oxygen atoms in total. The van der Waals surface area contributed by atoms with Gasteiger partial charge in [-0.25, -0.2) is 9.59 Å². The van der Waals surface area contributed by atoms with Crippen LogP contribution in [0.15, 0.2) is 48.5 Å². The lowest BCUT2D eigenvalue weighted by molar-refractivity contribution is -0.143. The van der Waals surface area contributed by atoms with Gasteiger partial charge in [0.2, 0.25) is 0 Å². The zero-order valence-corrected chi connectivity index (χ0v) is 15.3. The molecule has 0 saturated heterocycles. The average Bonchev–Trinajstić information content (AvgIpc) is 2.99. The van der Waals surface area contributed by atoms with Gasteiger partial charge in [-0.05, 0) is 28.7 Å². The average molecular weight is 383 g/mol. The zero-order valence-electron chi connectivity index (χ0n) is 15.3. The molecule has 0 aromatic heterocycles. The number of amides is 1. The van der Waals surface area contributed by atoms with Crippen molar-refractivity contribution in [2.24, 2.45) is 5.92 Å². The molecule has 0 fully saturated rings. The van der Waals surface area contributed by atoms with Gasteiger partial charge in [0.25, 0.3) is 0 Å². The summed E-state index contributed by atoms with van der Waals surface area (Å²) in [5.41, 5.74) is 4.27. The maximum Gasteiger partial charge on any atom is 0.407 e. The topological polar surface area (TPSA) is 113 Å². The third kappa shape index (κ3) is 3.98. The molecule has 3 N–H and O–H groups in total. The number of carboxylic acid groups (broad SMARTS) is 2. The Morgan fingerprint density at radius 1 is 0.964 bits per heavy atom. The maximum atomic E-state index is 12.1. The predicted molar refractivity (Wildman–Crippen MR) is 101 cm³/mol. The van der Waals surface area contributed by atoms with E-state index in [9.17, 15) is 19.5 Å². The molecule has 2 aromatic rings. The van der Waals surface area contributed by atoms with Gasteiger partial charge < -0.3 is 20.3 Å². The summed E-state index contributed by atoms with van der Waals surface area (Å²) in [6, 6.07) is 14.4. The molecular formula is C21H21NO6. The number of carboxylic acids is 2. The van der Waals surface area contributed by atoms with Crippen LogP contribution in [0.25, 0.3) is 11.1 Å². The number of rotatable bonds is 7. The molecule has 2 aromatic carbocycles.